The Morgan fingerprint density at radius 3 is 2.11 bits per heavy atom. The van der Waals surface area contributed by atoms with Crippen LogP contribution in [0.5, 0.6) is 0 Å². The predicted octanol–water partition coefficient (Wildman–Crippen LogP) is 1.66. The Morgan fingerprint density at radius 2 is 2.00 bits per heavy atom. The highest BCUT2D eigenvalue weighted by Crippen LogP contribution is 2.26. The monoisotopic (exact) mass is 159 g/mol. The number of rotatable bonds is 0. The van der Waals surface area contributed by atoms with E-state index in [-0.39, 0.29) is 5.41 Å². The van der Waals surface area contributed by atoms with Gasteiger partial charge in [-0.25, -0.2) is 0 Å². The van der Waals surface area contributed by atoms with Crippen molar-refractivity contribution in [1.82, 2.24) is 5.32 Å². The maximum Gasteiger partial charge on any atom is 0.0862 e. The molecular formula is C6H9NS2. The summed E-state index contributed by atoms with van der Waals surface area (Å²) >= 11 is 9.98. The SMILES string of the molecule is CC1(C)CC(=S)NC1=S. The first-order chi connectivity index (χ1) is 4.02. The number of nitrogens with one attached hydrogen (secondary N) is 1. The van der Waals surface area contributed by atoms with E-state index < -0.39 is 0 Å². The molecule has 1 N–H and O–H groups in total. The van der Waals surface area contributed by atoms with Gasteiger partial charge in [0, 0.05) is 11.8 Å². The summed E-state index contributed by atoms with van der Waals surface area (Å²) in [6.45, 7) is 4.20. The molecule has 3 heteroatoms. The van der Waals surface area contributed by atoms with E-state index in [9.17, 15) is 0 Å². The zero-order valence-corrected chi connectivity index (χ0v) is 7.16. The topological polar surface area (TPSA) is 12.0 Å². The molecule has 0 amide bonds. The van der Waals surface area contributed by atoms with Gasteiger partial charge in [0.25, 0.3) is 0 Å². The van der Waals surface area contributed by atoms with Crippen LogP contribution in [-0.2, 0) is 0 Å². The molecule has 1 heterocycles. The Balaban J connectivity index is 2.81. The Bertz CT molecular complexity index is 172. The van der Waals surface area contributed by atoms with Crippen molar-refractivity contribution in [3.63, 3.8) is 0 Å². The molecular weight excluding hydrogens is 150 g/mol. The summed E-state index contributed by atoms with van der Waals surface area (Å²) in [6.07, 6.45) is 0.904. The second kappa shape index (κ2) is 1.99. The lowest BCUT2D eigenvalue weighted by atomic mass is 9.93. The molecule has 0 aliphatic carbocycles. The first-order valence-corrected chi connectivity index (χ1v) is 3.68. The van der Waals surface area contributed by atoms with Crippen LogP contribution in [0.2, 0.25) is 0 Å². The zero-order chi connectivity index (χ0) is 7.07. The predicted molar refractivity (Wildman–Crippen MR) is 46.7 cm³/mol. The van der Waals surface area contributed by atoms with E-state index in [4.69, 9.17) is 24.4 Å². The standard InChI is InChI=1S/C6H9NS2/c1-6(2)3-4(8)7-5(6)9/h3H2,1-2H3,(H,7,8,9). The third-order valence-electron chi connectivity index (χ3n) is 1.47. The molecule has 1 saturated heterocycles. The van der Waals surface area contributed by atoms with Crippen molar-refractivity contribution in [3.05, 3.63) is 0 Å². The van der Waals surface area contributed by atoms with E-state index >= 15 is 0 Å². The summed E-state index contributed by atoms with van der Waals surface area (Å²) in [5.74, 6) is 0. The van der Waals surface area contributed by atoms with Crippen molar-refractivity contribution in [1.29, 1.82) is 0 Å². The normalized spacial score (nSPS) is 24.2. The van der Waals surface area contributed by atoms with Crippen LogP contribution in [0.3, 0.4) is 0 Å². The van der Waals surface area contributed by atoms with Gasteiger partial charge in [-0.05, 0) is 0 Å². The maximum atomic E-state index is 5.03. The lowest BCUT2D eigenvalue weighted by Crippen LogP contribution is -2.23. The highest BCUT2D eigenvalue weighted by Gasteiger charge is 2.31. The fourth-order valence-electron chi connectivity index (χ4n) is 0.822. The van der Waals surface area contributed by atoms with Gasteiger partial charge in [-0.15, -0.1) is 0 Å². The van der Waals surface area contributed by atoms with Gasteiger partial charge in [0.15, 0.2) is 0 Å². The summed E-state index contributed by atoms with van der Waals surface area (Å²) in [5, 5.41) is 2.97. The van der Waals surface area contributed by atoms with E-state index in [1.807, 2.05) is 0 Å². The van der Waals surface area contributed by atoms with Gasteiger partial charge in [0.05, 0.1) is 9.98 Å². The largest absolute Gasteiger partial charge is 0.344 e. The highest BCUT2D eigenvalue weighted by atomic mass is 32.1. The fraction of sp³-hybridized carbons (Fsp3) is 0.667. The third-order valence-corrected chi connectivity index (χ3v) is 2.37. The smallest absolute Gasteiger partial charge is 0.0862 e. The van der Waals surface area contributed by atoms with Crippen LogP contribution in [0.25, 0.3) is 0 Å². The molecule has 1 fully saturated rings. The number of hydrogen-bond acceptors (Lipinski definition) is 2. The molecule has 0 bridgehead atoms. The Hall–Kier alpha value is -0.0200. The molecule has 0 atom stereocenters. The Kier molecular flexibility index (Phi) is 1.57. The van der Waals surface area contributed by atoms with Gasteiger partial charge in [0.2, 0.25) is 0 Å². The maximum absolute atomic E-state index is 5.03. The molecule has 50 valence electrons. The molecule has 0 aromatic carbocycles. The lowest BCUT2D eigenvalue weighted by Gasteiger charge is -2.13. The van der Waals surface area contributed by atoms with Gasteiger partial charge < -0.3 is 5.32 Å². The fourth-order valence-corrected chi connectivity index (χ4v) is 1.54. The highest BCUT2D eigenvalue weighted by molar-refractivity contribution is 7.82. The van der Waals surface area contributed by atoms with E-state index in [2.05, 4.69) is 19.2 Å². The van der Waals surface area contributed by atoms with E-state index in [1.165, 1.54) is 0 Å². The molecule has 1 rings (SSSR count). The lowest BCUT2D eigenvalue weighted by molar-refractivity contribution is 0.573. The Labute approximate surface area is 65.8 Å². The van der Waals surface area contributed by atoms with Crippen molar-refractivity contribution in [3.8, 4) is 0 Å². The van der Waals surface area contributed by atoms with Gasteiger partial charge in [-0.3, -0.25) is 0 Å². The number of thiocarbonyl (C=S) groups is 2. The van der Waals surface area contributed by atoms with E-state index in [1.54, 1.807) is 0 Å². The van der Waals surface area contributed by atoms with Crippen molar-refractivity contribution in [2.24, 2.45) is 5.41 Å². The van der Waals surface area contributed by atoms with Crippen LogP contribution in [-0.4, -0.2) is 9.98 Å². The molecule has 1 aliphatic heterocycles. The van der Waals surface area contributed by atoms with Crippen molar-refractivity contribution >= 4 is 34.4 Å². The minimum Gasteiger partial charge on any atom is -0.344 e. The first-order valence-electron chi connectivity index (χ1n) is 2.87. The molecule has 0 unspecified atom stereocenters. The first kappa shape index (κ1) is 7.09. The second-order valence-electron chi connectivity index (χ2n) is 2.94. The summed E-state index contributed by atoms with van der Waals surface area (Å²) < 4.78 is 0. The van der Waals surface area contributed by atoms with Gasteiger partial charge in [0.1, 0.15) is 0 Å². The minimum atomic E-state index is 0.104. The third kappa shape index (κ3) is 1.27. The average molecular weight is 159 g/mol. The van der Waals surface area contributed by atoms with Crippen LogP contribution in [0.15, 0.2) is 0 Å². The van der Waals surface area contributed by atoms with Crippen molar-refractivity contribution in [2.45, 2.75) is 20.3 Å². The van der Waals surface area contributed by atoms with Crippen LogP contribution >= 0.6 is 24.4 Å². The second-order valence-corrected chi connectivity index (χ2v) is 3.84. The minimum absolute atomic E-state index is 0.104. The number of hydrogen-bond donors (Lipinski definition) is 1. The molecule has 1 nitrogen and oxygen atoms in total. The summed E-state index contributed by atoms with van der Waals surface area (Å²) in [4.78, 5) is 1.76. The molecule has 0 radical (unpaired) electrons. The van der Waals surface area contributed by atoms with Crippen LogP contribution < -0.4 is 5.32 Å². The molecule has 0 aromatic heterocycles. The van der Waals surface area contributed by atoms with Crippen LogP contribution in [0.1, 0.15) is 20.3 Å². The van der Waals surface area contributed by atoms with Crippen LogP contribution in [0.4, 0.5) is 0 Å². The van der Waals surface area contributed by atoms with Gasteiger partial charge >= 0.3 is 0 Å². The molecule has 0 saturated carbocycles. The molecule has 1 aliphatic rings. The average Bonchev–Trinajstić information content (AvgIpc) is 1.79. The van der Waals surface area contributed by atoms with Crippen molar-refractivity contribution < 1.29 is 0 Å². The summed E-state index contributed by atoms with van der Waals surface area (Å²) in [6, 6.07) is 0. The quantitative estimate of drug-likeness (QED) is 0.540. The molecule has 9 heavy (non-hydrogen) atoms. The van der Waals surface area contributed by atoms with Crippen molar-refractivity contribution in [2.75, 3.05) is 0 Å². The summed E-state index contributed by atoms with van der Waals surface area (Å²) in [5.41, 5.74) is 0.104. The Morgan fingerprint density at radius 1 is 1.44 bits per heavy atom. The molecule has 0 spiro atoms. The summed E-state index contributed by atoms with van der Waals surface area (Å²) in [7, 11) is 0. The molecule has 0 aromatic rings. The van der Waals surface area contributed by atoms with Gasteiger partial charge in [-0.1, -0.05) is 38.3 Å². The van der Waals surface area contributed by atoms with Crippen LogP contribution in [0, 0.1) is 5.41 Å². The van der Waals surface area contributed by atoms with E-state index in [0.717, 1.165) is 16.4 Å². The van der Waals surface area contributed by atoms with E-state index in [0.29, 0.717) is 0 Å². The zero-order valence-electron chi connectivity index (χ0n) is 5.52. The van der Waals surface area contributed by atoms with Gasteiger partial charge in [-0.2, -0.15) is 0 Å².